The van der Waals surface area contributed by atoms with Crippen molar-refractivity contribution in [2.75, 3.05) is 15.8 Å². The summed E-state index contributed by atoms with van der Waals surface area (Å²) in [5.74, 6) is 0.627. The zero-order valence-electron chi connectivity index (χ0n) is 21.4. The Kier molecular flexibility index (Phi) is 8.38. The first-order chi connectivity index (χ1) is 19.4. The number of pyridine rings is 1. The number of aromatic nitrogens is 3. The summed E-state index contributed by atoms with van der Waals surface area (Å²) in [4.78, 5) is 25.1. The molecule has 0 saturated carbocycles. The lowest BCUT2D eigenvalue weighted by Gasteiger charge is -2.25. The predicted molar refractivity (Wildman–Crippen MR) is 153 cm³/mol. The summed E-state index contributed by atoms with van der Waals surface area (Å²) in [7, 11) is -3.86. The minimum absolute atomic E-state index is 0.0195. The van der Waals surface area contributed by atoms with Crippen LogP contribution in [0.1, 0.15) is 41.1 Å². The average Bonchev–Trinajstić information content (AvgIpc) is 2.97. The van der Waals surface area contributed by atoms with Crippen LogP contribution in [0.25, 0.3) is 0 Å². The highest BCUT2D eigenvalue weighted by Crippen LogP contribution is 2.34. The van der Waals surface area contributed by atoms with Gasteiger partial charge in [-0.15, -0.1) is 11.8 Å². The second-order valence-electron chi connectivity index (χ2n) is 9.26. The van der Waals surface area contributed by atoms with Crippen LogP contribution in [-0.4, -0.2) is 35.0 Å². The van der Waals surface area contributed by atoms with Crippen molar-refractivity contribution in [3.8, 4) is 6.07 Å². The monoisotopic (exact) mass is 570 g/mol. The van der Waals surface area contributed by atoms with Gasteiger partial charge in [0.1, 0.15) is 11.1 Å². The van der Waals surface area contributed by atoms with Gasteiger partial charge in [-0.25, -0.2) is 28.1 Å². The Hall–Kier alpha value is -4.27. The number of amides is 1. The van der Waals surface area contributed by atoms with Gasteiger partial charge in [0.2, 0.25) is 11.9 Å². The van der Waals surface area contributed by atoms with Crippen molar-refractivity contribution in [3.05, 3.63) is 102 Å². The highest BCUT2D eigenvalue weighted by atomic mass is 32.2. The fourth-order valence-electron chi connectivity index (χ4n) is 4.56. The summed E-state index contributed by atoms with van der Waals surface area (Å²) in [6, 6.07) is 22.1. The molecule has 2 heterocycles. The number of hydrogen-bond donors (Lipinski definition) is 2. The van der Waals surface area contributed by atoms with Crippen LogP contribution in [-0.2, 0) is 27.7 Å². The minimum Gasteiger partial charge on any atom is -0.326 e. The highest BCUT2D eigenvalue weighted by Gasteiger charge is 2.23. The van der Waals surface area contributed by atoms with Crippen molar-refractivity contribution in [1.82, 2.24) is 15.0 Å². The van der Waals surface area contributed by atoms with Gasteiger partial charge in [-0.05, 0) is 72.7 Å². The zero-order chi connectivity index (χ0) is 28.0. The molecule has 0 bridgehead atoms. The second kappa shape index (κ2) is 12.3. The van der Waals surface area contributed by atoms with Crippen molar-refractivity contribution in [2.24, 2.45) is 0 Å². The molecule has 5 rings (SSSR count). The molecule has 4 aromatic rings. The van der Waals surface area contributed by atoms with E-state index >= 15 is 0 Å². The molecule has 202 valence electrons. The van der Waals surface area contributed by atoms with E-state index in [1.807, 2.05) is 12.1 Å². The number of carbonyl (C=O) groups is 1. The lowest BCUT2D eigenvalue weighted by molar-refractivity contribution is -0.115. The van der Waals surface area contributed by atoms with Crippen LogP contribution >= 0.6 is 11.8 Å². The Morgan fingerprint density at radius 3 is 2.52 bits per heavy atom. The molecule has 9 nitrogen and oxygen atoms in total. The van der Waals surface area contributed by atoms with E-state index in [1.54, 1.807) is 6.07 Å². The summed E-state index contributed by atoms with van der Waals surface area (Å²) in [5, 5.41) is 13.2. The van der Waals surface area contributed by atoms with Crippen LogP contribution in [0, 0.1) is 11.3 Å². The standard InChI is InChI=1S/C29H26N6O3S2/c30-19-23-18-22-17-21(20-5-2-1-3-6-20)7-12-26(22)34-28(23)39-16-13-27(36)33-24-8-10-25(11-9-24)40(37,38)35-29-31-14-4-15-32-29/h1-6,8-11,14-15,18,21H,7,12-13,16-17H2,(H,33,36)(H,31,32,35). The molecule has 40 heavy (non-hydrogen) atoms. The summed E-state index contributed by atoms with van der Waals surface area (Å²) in [5.41, 5.74) is 4.47. The number of rotatable bonds is 9. The van der Waals surface area contributed by atoms with Crippen LogP contribution < -0.4 is 10.0 Å². The molecule has 1 unspecified atom stereocenters. The number of anilines is 2. The molecule has 0 spiro atoms. The fourth-order valence-corrected chi connectivity index (χ4v) is 6.43. The van der Waals surface area contributed by atoms with Crippen LogP contribution in [0.3, 0.4) is 0 Å². The third kappa shape index (κ3) is 6.65. The first-order valence-electron chi connectivity index (χ1n) is 12.7. The lowest BCUT2D eigenvalue weighted by Crippen LogP contribution is -2.16. The molecular weight excluding hydrogens is 544 g/mol. The molecule has 2 N–H and O–H groups in total. The Morgan fingerprint density at radius 1 is 1.05 bits per heavy atom. The van der Waals surface area contributed by atoms with Crippen molar-refractivity contribution in [3.63, 3.8) is 0 Å². The minimum atomic E-state index is -3.86. The molecule has 0 aliphatic heterocycles. The molecule has 0 saturated heterocycles. The summed E-state index contributed by atoms with van der Waals surface area (Å²) < 4.78 is 27.4. The van der Waals surface area contributed by atoms with Gasteiger partial charge in [0.25, 0.3) is 10.0 Å². The van der Waals surface area contributed by atoms with Crippen molar-refractivity contribution >= 4 is 39.3 Å². The van der Waals surface area contributed by atoms with Gasteiger partial charge in [-0.3, -0.25) is 4.79 Å². The first-order valence-corrected chi connectivity index (χ1v) is 15.2. The summed E-state index contributed by atoms with van der Waals surface area (Å²) in [6.45, 7) is 0. The lowest BCUT2D eigenvalue weighted by atomic mass is 9.82. The molecule has 2 aromatic carbocycles. The Bertz CT molecular complexity index is 1640. The Balaban J connectivity index is 1.15. The van der Waals surface area contributed by atoms with Crippen molar-refractivity contribution in [2.45, 2.75) is 41.5 Å². The maximum absolute atomic E-state index is 12.5. The van der Waals surface area contributed by atoms with E-state index in [2.05, 4.69) is 50.3 Å². The molecule has 1 atom stereocenters. The molecule has 1 aliphatic carbocycles. The zero-order valence-corrected chi connectivity index (χ0v) is 23.1. The van der Waals surface area contributed by atoms with Gasteiger partial charge in [-0.1, -0.05) is 30.3 Å². The van der Waals surface area contributed by atoms with Gasteiger partial charge < -0.3 is 5.32 Å². The molecular formula is C29H26N6O3S2. The predicted octanol–water partition coefficient (Wildman–Crippen LogP) is 4.94. The fraction of sp³-hybridized carbons (Fsp3) is 0.207. The number of fused-ring (bicyclic) bond motifs is 1. The van der Waals surface area contributed by atoms with E-state index in [0.29, 0.717) is 27.9 Å². The number of thioether (sulfide) groups is 1. The van der Waals surface area contributed by atoms with Crippen LogP contribution in [0.5, 0.6) is 0 Å². The number of benzene rings is 2. The van der Waals surface area contributed by atoms with E-state index in [1.165, 1.54) is 54.0 Å². The third-order valence-electron chi connectivity index (χ3n) is 6.55. The largest absolute Gasteiger partial charge is 0.326 e. The average molecular weight is 571 g/mol. The quantitative estimate of drug-likeness (QED) is 0.270. The van der Waals surface area contributed by atoms with Gasteiger partial charge in [0, 0.05) is 35.9 Å². The molecule has 2 aromatic heterocycles. The smallest absolute Gasteiger partial charge is 0.264 e. The maximum atomic E-state index is 12.5. The number of hydrogen-bond acceptors (Lipinski definition) is 8. The molecule has 0 fully saturated rings. The van der Waals surface area contributed by atoms with Gasteiger partial charge in [-0.2, -0.15) is 5.26 Å². The maximum Gasteiger partial charge on any atom is 0.264 e. The second-order valence-corrected chi connectivity index (χ2v) is 12.0. The summed E-state index contributed by atoms with van der Waals surface area (Å²) in [6.07, 6.45) is 5.81. The molecule has 1 amide bonds. The molecule has 11 heteroatoms. The van der Waals surface area contributed by atoms with E-state index in [0.717, 1.165) is 30.5 Å². The van der Waals surface area contributed by atoms with Gasteiger partial charge in [0.15, 0.2) is 0 Å². The van der Waals surface area contributed by atoms with Gasteiger partial charge >= 0.3 is 0 Å². The number of sulfonamides is 1. The van der Waals surface area contributed by atoms with Gasteiger partial charge in [0.05, 0.1) is 10.5 Å². The first kappa shape index (κ1) is 27.3. The number of nitrogens with one attached hydrogen (secondary N) is 2. The third-order valence-corrected chi connectivity index (χ3v) is 8.89. The number of nitrogens with zero attached hydrogens (tertiary/aromatic N) is 4. The Morgan fingerprint density at radius 2 is 1.80 bits per heavy atom. The topological polar surface area (TPSA) is 138 Å². The number of aryl methyl sites for hydroxylation is 1. The van der Waals surface area contributed by atoms with E-state index in [4.69, 9.17) is 4.98 Å². The normalized spacial score (nSPS) is 14.5. The van der Waals surface area contributed by atoms with Crippen molar-refractivity contribution < 1.29 is 13.2 Å². The van der Waals surface area contributed by atoms with Crippen LogP contribution in [0.2, 0.25) is 0 Å². The van der Waals surface area contributed by atoms with Crippen LogP contribution in [0.4, 0.5) is 11.6 Å². The van der Waals surface area contributed by atoms with E-state index < -0.39 is 10.0 Å². The summed E-state index contributed by atoms with van der Waals surface area (Å²) >= 11 is 1.39. The Labute approximate surface area is 237 Å². The molecule has 0 radical (unpaired) electrons. The SMILES string of the molecule is N#Cc1cc2c(nc1SCCC(=O)Nc1ccc(S(=O)(=O)Nc3ncccn3)cc1)CCC(c1ccccc1)C2. The number of carbonyl (C=O) groups excluding carboxylic acids is 1. The highest BCUT2D eigenvalue weighted by molar-refractivity contribution is 7.99. The van der Waals surface area contributed by atoms with E-state index in [9.17, 15) is 18.5 Å². The van der Waals surface area contributed by atoms with Crippen LogP contribution in [0.15, 0.2) is 89.0 Å². The van der Waals surface area contributed by atoms with Crippen molar-refractivity contribution in [1.29, 1.82) is 5.26 Å². The number of nitriles is 1. The van der Waals surface area contributed by atoms with E-state index in [-0.39, 0.29) is 23.2 Å². The molecule has 1 aliphatic rings.